The maximum absolute atomic E-state index is 6.75. The summed E-state index contributed by atoms with van der Waals surface area (Å²) in [6.07, 6.45) is 0. The molecule has 3 nitrogen and oxygen atoms in total. The molecule has 0 aliphatic rings. The number of furan rings is 1. The maximum atomic E-state index is 6.75. The van der Waals surface area contributed by atoms with Crippen LogP contribution in [0.2, 0.25) is 0 Å². The van der Waals surface area contributed by atoms with Gasteiger partial charge in [0.2, 0.25) is 0 Å². The molecule has 2 heterocycles. The average Bonchev–Trinajstić information content (AvgIpc) is 3.90. The first-order chi connectivity index (χ1) is 30.3. The third kappa shape index (κ3) is 5.82. The maximum Gasteiger partial charge on any atom is 0.145 e. The summed E-state index contributed by atoms with van der Waals surface area (Å²) in [5, 5.41) is 7.15. The highest BCUT2D eigenvalue weighted by Crippen LogP contribution is 2.47. The summed E-state index contributed by atoms with van der Waals surface area (Å²) in [7, 11) is 0. The molecule has 0 spiro atoms. The zero-order chi connectivity index (χ0) is 40.3. The first-order valence-electron chi connectivity index (χ1n) is 20.8. The molecule has 0 aliphatic heterocycles. The fourth-order valence-corrected chi connectivity index (χ4v) is 9.31. The molecule has 0 atom stereocenters. The minimum atomic E-state index is 0.869. The van der Waals surface area contributed by atoms with Gasteiger partial charge >= 0.3 is 0 Å². The molecule has 3 heteroatoms. The summed E-state index contributed by atoms with van der Waals surface area (Å²) in [6, 6.07) is 82.8. The second-order valence-electron chi connectivity index (χ2n) is 15.7. The van der Waals surface area contributed by atoms with Gasteiger partial charge in [0.1, 0.15) is 11.2 Å². The molecule has 0 fully saturated rings. The Kier molecular flexibility index (Phi) is 8.17. The van der Waals surface area contributed by atoms with Crippen LogP contribution < -0.4 is 4.90 Å². The summed E-state index contributed by atoms with van der Waals surface area (Å²) in [4.78, 5) is 2.37. The van der Waals surface area contributed by atoms with E-state index in [2.05, 4.69) is 234 Å². The number of aromatic nitrogens is 1. The fourth-order valence-electron chi connectivity index (χ4n) is 9.31. The van der Waals surface area contributed by atoms with Gasteiger partial charge in [-0.3, -0.25) is 0 Å². The van der Waals surface area contributed by atoms with Gasteiger partial charge in [-0.25, -0.2) is 0 Å². The van der Waals surface area contributed by atoms with Crippen molar-refractivity contribution in [1.82, 2.24) is 4.57 Å². The van der Waals surface area contributed by atoms with E-state index in [9.17, 15) is 0 Å². The molecule has 10 aromatic carbocycles. The lowest BCUT2D eigenvalue weighted by atomic mass is 9.99. The lowest BCUT2D eigenvalue weighted by Crippen LogP contribution is -2.10. The van der Waals surface area contributed by atoms with Crippen LogP contribution in [0.1, 0.15) is 0 Å². The van der Waals surface area contributed by atoms with E-state index in [-0.39, 0.29) is 0 Å². The first kappa shape index (κ1) is 34.9. The Labute approximate surface area is 353 Å². The zero-order valence-electron chi connectivity index (χ0n) is 33.2. The Balaban J connectivity index is 1.03. The van der Waals surface area contributed by atoms with Gasteiger partial charge in [-0.15, -0.1) is 0 Å². The van der Waals surface area contributed by atoms with Crippen LogP contribution in [0.5, 0.6) is 0 Å². The van der Waals surface area contributed by atoms with Gasteiger partial charge in [0.05, 0.1) is 22.1 Å². The third-order valence-electron chi connectivity index (χ3n) is 12.2. The smallest absolute Gasteiger partial charge is 0.145 e. The Bertz CT molecular complexity index is 3550. The fraction of sp³-hybridized carbons (Fsp3) is 0. The van der Waals surface area contributed by atoms with Crippen LogP contribution in [0.4, 0.5) is 17.1 Å². The van der Waals surface area contributed by atoms with Crippen molar-refractivity contribution in [2.75, 3.05) is 4.90 Å². The van der Waals surface area contributed by atoms with Crippen molar-refractivity contribution in [2.24, 2.45) is 0 Å². The van der Waals surface area contributed by atoms with Crippen molar-refractivity contribution in [3.63, 3.8) is 0 Å². The highest BCUT2D eigenvalue weighted by atomic mass is 16.3. The van der Waals surface area contributed by atoms with Crippen LogP contribution >= 0.6 is 0 Å². The van der Waals surface area contributed by atoms with E-state index in [4.69, 9.17) is 4.42 Å². The van der Waals surface area contributed by atoms with Crippen molar-refractivity contribution in [2.45, 2.75) is 0 Å². The van der Waals surface area contributed by atoms with Gasteiger partial charge < -0.3 is 13.9 Å². The van der Waals surface area contributed by atoms with Gasteiger partial charge in [0.15, 0.2) is 0 Å². The molecule has 286 valence electrons. The molecule has 0 radical (unpaired) electrons. The highest BCUT2D eigenvalue weighted by Gasteiger charge is 2.23. The van der Waals surface area contributed by atoms with Crippen molar-refractivity contribution < 1.29 is 4.42 Å². The molecule has 61 heavy (non-hydrogen) atoms. The van der Waals surface area contributed by atoms with Crippen LogP contribution in [-0.4, -0.2) is 4.57 Å². The average molecular weight is 779 g/mol. The van der Waals surface area contributed by atoms with Crippen LogP contribution in [0.3, 0.4) is 0 Å². The predicted molar refractivity (Wildman–Crippen MR) is 257 cm³/mol. The Hall–Kier alpha value is -8.14. The van der Waals surface area contributed by atoms with E-state index in [1.54, 1.807) is 0 Å². The lowest BCUT2D eigenvalue weighted by Gasteiger charge is -2.27. The van der Waals surface area contributed by atoms with Crippen LogP contribution in [0.15, 0.2) is 235 Å². The summed E-state index contributed by atoms with van der Waals surface area (Å²) in [5.74, 6) is 0. The summed E-state index contributed by atoms with van der Waals surface area (Å²) in [5.41, 5.74) is 15.4. The topological polar surface area (TPSA) is 21.3 Å². The van der Waals surface area contributed by atoms with Gasteiger partial charge in [-0.05, 0) is 93.9 Å². The van der Waals surface area contributed by atoms with Crippen molar-refractivity contribution in [3.05, 3.63) is 231 Å². The molecule has 0 saturated heterocycles. The zero-order valence-corrected chi connectivity index (χ0v) is 33.2. The second-order valence-corrected chi connectivity index (χ2v) is 15.7. The Morgan fingerprint density at radius 1 is 0.377 bits per heavy atom. The number of rotatable bonds is 7. The predicted octanol–water partition coefficient (Wildman–Crippen LogP) is 16.3. The number of benzene rings is 10. The van der Waals surface area contributed by atoms with E-state index >= 15 is 0 Å². The van der Waals surface area contributed by atoms with E-state index in [0.717, 1.165) is 66.9 Å². The van der Waals surface area contributed by atoms with E-state index in [1.165, 1.54) is 43.7 Å². The van der Waals surface area contributed by atoms with Crippen molar-refractivity contribution in [3.8, 4) is 39.1 Å². The first-order valence-corrected chi connectivity index (χ1v) is 20.8. The summed E-state index contributed by atoms with van der Waals surface area (Å²) in [6.45, 7) is 0. The highest BCUT2D eigenvalue weighted by molar-refractivity contribution is 6.19. The summed E-state index contributed by atoms with van der Waals surface area (Å²) < 4.78 is 9.18. The molecule has 12 aromatic rings. The SMILES string of the molecule is c1ccc(-c2ccc(N(c3ccc(-c4ccc5c6ccc7ccccc7c6n(-c6ccccc6)c5c4)cc3)c3ccc(-c4ccccc4)c4oc5ccccc5c34)cc2)cc1. The van der Waals surface area contributed by atoms with Gasteiger partial charge in [0, 0.05) is 44.2 Å². The molecule has 0 amide bonds. The number of fused-ring (bicyclic) bond motifs is 8. The van der Waals surface area contributed by atoms with Crippen molar-refractivity contribution in [1.29, 1.82) is 0 Å². The molecule has 0 bridgehead atoms. The number of anilines is 3. The standard InChI is InChI=1S/C58H38N2O/c1-4-14-39(15-5-1)40-24-30-46(31-25-40)59(53-37-36-49(42-16-6-2-7-17-42)58-56(53)52-22-12-13-23-55(52)61-58)47-32-26-41(27-33-47)44-29-34-50-51-35-28-43-18-10-11-21-48(43)57(51)60(54(50)38-44)45-19-8-3-9-20-45/h1-38H. The lowest BCUT2D eigenvalue weighted by molar-refractivity contribution is 0.670. The molecule has 0 aliphatic carbocycles. The van der Waals surface area contributed by atoms with Crippen LogP contribution in [0, 0.1) is 0 Å². The quantitative estimate of drug-likeness (QED) is 0.161. The summed E-state index contributed by atoms with van der Waals surface area (Å²) >= 11 is 0. The molecule has 0 N–H and O–H groups in total. The van der Waals surface area contributed by atoms with E-state index < -0.39 is 0 Å². The molecule has 0 unspecified atom stereocenters. The molecular formula is C58H38N2O. The molecule has 2 aromatic heterocycles. The number of hydrogen-bond donors (Lipinski definition) is 0. The minimum absolute atomic E-state index is 0.869. The monoisotopic (exact) mass is 778 g/mol. The van der Waals surface area contributed by atoms with Crippen molar-refractivity contribution >= 4 is 71.6 Å². The van der Waals surface area contributed by atoms with Gasteiger partial charge in [0.25, 0.3) is 0 Å². The van der Waals surface area contributed by atoms with Crippen LogP contribution in [-0.2, 0) is 0 Å². The number of hydrogen-bond acceptors (Lipinski definition) is 2. The minimum Gasteiger partial charge on any atom is -0.455 e. The Morgan fingerprint density at radius 3 is 1.66 bits per heavy atom. The van der Waals surface area contributed by atoms with Gasteiger partial charge in [-0.2, -0.15) is 0 Å². The largest absolute Gasteiger partial charge is 0.455 e. The Morgan fingerprint density at radius 2 is 0.934 bits per heavy atom. The number of para-hydroxylation sites is 2. The molecule has 0 saturated carbocycles. The molecule has 12 rings (SSSR count). The van der Waals surface area contributed by atoms with Gasteiger partial charge in [-0.1, -0.05) is 170 Å². The second kappa shape index (κ2) is 14.3. The third-order valence-corrected chi connectivity index (χ3v) is 12.2. The normalized spacial score (nSPS) is 11.6. The van der Waals surface area contributed by atoms with E-state index in [0.29, 0.717) is 0 Å². The van der Waals surface area contributed by atoms with E-state index in [1.807, 2.05) is 6.07 Å². The molecular weight excluding hydrogens is 741 g/mol. The number of nitrogens with zero attached hydrogens (tertiary/aromatic N) is 2. The van der Waals surface area contributed by atoms with Crippen LogP contribution in [0.25, 0.3) is 93.6 Å².